The number of thioether (sulfide) groups is 1. The predicted octanol–water partition coefficient (Wildman–Crippen LogP) is 6.09. The van der Waals surface area contributed by atoms with E-state index in [1.165, 1.54) is 24.6 Å². The van der Waals surface area contributed by atoms with Gasteiger partial charge >= 0.3 is 19.8 Å². The molecule has 0 saturated carbocycles. The first-order valence-electron chi connectivity index (χ1n) is 13.3. The van der Waals surface area contributed by atoms with Crippen molar-refractivity contribution in [2.24, 2.45) is 0 Å². The fraction of sp³-hybridized carbons (Fsp3) is 0.880. The summed E-state index contributed by atoms with van der Waals surface area (Å²) in [4.78, 5) is 52.8. The average molecular weight is 555 g/mol. The molecule has 0 unspecified atom stereocenters. The minimum atomic E-state index is -4.73. The molecule has 0 radical (unpaired) electrons. The molecule has 0 fully saturated rings. The molecule has 0 aliphatic carbocycles. The van der Waals surface area contributed by atoms with E-state index in [-0.39, 0.29) is 24.6 Å². The Morgan fingerprint density at radius 1 is 0.750 bits per heavy atom. The molecule has 0 heterocycles. The van der Waals surface area contributed by atoms with Gasteiger partial charge in [-0.2, -0.15) is 0 Å². The topological polar surface area (TPSA) is 136 Å². The SMILES string of the molecule is CCCCCCCC(=O)O[C@@H](COC(=O)CCCCCCCCCCCSC(C)=O)COP(=O)(O)O. The molecule has 36 heavy (non-hydrogen) atoms. The Labute approximate surface area is 221 Å². The second-order valence-corrected chi connectivity index (χ2v) is 11.5. The maximum Gasteiger partial charge on any atom is 0.469 e. The molecule has 0 aromatic heterocycles. The number of esters is 2. The third-order valence-electron chi connectivity index (χ3n) is 5.47. The zero-order chi connectivity index (χ0) is 27.1. The van der Waals surface area contributed by atoms with E-state index in [9.17, 15) is 18.9 Å². The van der Waals surface area contributed by atoms with Gasteiger partial charge in [-0.15, -0.1) is 0 Å². The Balaban J connectivity index is 3.98. The van der Waals surface area contributed by atoms with Gasteiger partial charge in [0.25, 0.3) is 0 Å². The molecule has 0 aliphatic heterocycles. The summed E-state index contributed by atoms with van der Waals surface area (Å²) >= 11 is 1.39. The standard InChI is InChI=1S/C25H47O9PS/c1-3-4-5-11-15-18-25(28)34-23(21-33-35(29,30)31)20-32-24(27)17-14-12-9-7-6-8-10-13-16-19-36-22(2)26/h23H,3-21H2,1-2H3,(H2,29,30,31)/t23-/m0/s1. The van der Waals surface area contributed by atoms with Crippen LogP contribution in [0.3, 0.4) is 0 Å². The first-order chi connectivity index (χ1) is 17.1. The van der Waals surface area contributed by atoms with Crippen molar-refractivity contribution in [2.45, 2.75) is 123 Å². The Morgan fingerprint density at radius 3 is 1.78 bits per heavy atom. The van der Waals surface area contributed by atoms with Crippen LogP contribution in [0.25, 0.3) is 0 Å². The average Bonchev–Trinajstić information content (AvgIpc) is 2.80. The second kappa shape index (κ2) is 23.2. The summed E-state index contributed by atoms with van der Waals surface area (Å²) in [5, 5.41) is 0.180. The number of ether oxygens (including phenoxy) is 2. The van der Waals surface area contributed by atoms with Crippen LogP contribution < -0.4 is 0 Å². The van der Waals surface area contributed by atoms with Crippen molar-refractivity contribution in [3.63, 3.8) is 0 Å². The van der Waals surface area contributed by atoms with Gasteiger partial charge < -0.3 is 19.3 Å². The minimum absolute atomic E-state index is 0.180. The molecule has 0 aromatic carbocycles. The fourth-order valence-electron chi connectivity index (χ4n) is 3.50. The van der Waals surface area contributed by atoms with Crippen molar-refractivity contribution in [3.05, 3.63) is 0 Å². The maximum absolute atomic E-state index is 12.0. The third kappa shape index (κ3) is 26.1. The van der Waals surface area contributed by atoms with Crippen LogP contribution in [-0.4, -0.2) is 51.9 Å². The van der Waals surface area contributed by atoms with Gasteiger partial charge in [0.05, 0.1) is 6.61 Å². The lowest BCUT2D eigenvalue weighted by Crippen LogP contribution is -2.29. The van der Waals surface area contributed by atoms with Crippen molar-refractivity contribution in [1.29, 1.82) is 0 Å². The van der Waals surface area contributed by atoms with E-state index in [0.717, 1.165) is 70.0 Å². The predicted molar refractivity (Wildman–Crippen MR) is 142 cm³/mol. The van der Waals surface area contributed by atoms with Crippen molar-refractivity contribution >= 4 is 36.6 Å². The highest BCUT2D eigenvalue weighted by Gasteiger charge is 2.22. The van der Waals surface area contributed by atoms with Crippen LogP contribution in [0.4, 0.5) is 0 Å². The van der Waals surface area contributed by atoms with E-state index in [1.807, 2.05) is 0 Å². The molecular formula is C25H47O9PS. The number of hydrogen-bond acceptors (Lipinski definition) is 8. The Hall–Kier alpha value is -0.930. The van der Waals surface area contributed by atoms with Gasteiger partial charge in [-0.25, -0.2) is 4.57 Å². The summed E-state index contributed by atoms with van der Waals surface area (Å²) < 4.78 is 25.8. The lowest BCUT2D eigenvalue weighted by atomic mass is 10.1. The Morgan fingerprint density at radius 2 is 1.25 bits per heavy atom. The number of unbranched alkanes of at least 4 members (excludes halogenated alkanes) is 12. The molecule has 0 rings (SSSR count). The molecule has 0 spiro atoms. The van der Waals surface area contributed by atoms with E-state index in [2.05, 4.69) is 11.4 Å². The summed E-state index contributed by atoms with van der Waals surface area (Å²) in [6.07, 6.45) is 13.7. The smallest absolute Gasteiger partial charge is 0.462 e. The van der Waals surface area contributed by atoms with Gasteiger partial charge in [-0.05, 0) is 19.3 Å². The molecular weight excluding hydrogens is 507 g/mol. The fourth-order valence-corrected chi connectivity index (χ4v) is 4.49. The van der Waals surface area contributed by atoms with Crippen molar-refractivity contribution in [1.82, 2.24) is 0 Å². The van der Waals surface area contributed by atoms with Gasteiger partial charge in [0.2, 0.25) is 0 Å². The number of rotatable bonds is 24. The van der Waals surface area contributed by atoms with Crippen molar-refractivity contribution < 1.29 is 42.7 Å². The largest absolute Gasteiger partial charge is 0.469 e. The number of carbonyl (C=O) groups excluding carboxylic acids is 3. The summed E-state index contributed by atoms with van der Waals surface area (Å²) in [6.45, 7) is 2.85. The van der Waals surface area contributed by atoms with Crippen molar-refractivity contribution in [2.75, 3.05) is 19.0 Å². The van der Waals surface area contributed by atoms with Gasteiger partial charge in [0.1, 0.15) is 6.61 Å². The first kappa shape index (κ1) is 35.1. The zero-order valence-corrected chi connectivity index (χ0v) is 23.8. The van der Waals surface area contributed by atoms with E-state index >= 15 is 0 Å². The molecule has 1 atom stereocenters. The molecule has 0 aliphatic rings. The van der Waals surface area contributed by atoms with E-state index in [1.54, 1.807) is 6.92 Å². The van der Waals surface area contributed by atoms with Gasteiger partial charge in [0, 0.05) is 25.5 Å². The number of phosphoric acid groups is 1. The summed E-state index contributed by atoms with van der Waals surface area (Å²) in [7, 11) is -4.73. The first-order valence-corrected chi connectivity index (χ1v) is 15.8. The number of carbonyl (C=O) groups is 3. The van der Waals surface area contributed by atoms with Gasteiger partial charge in [-0.1, -0.05) is 89.3 Å². The Bertz CT molecular complexity index is 639. The van der Waals surface area contributed by atoms with Crippen LogP contribution in [0, 0.1) is 0 Å². The molecule has 0 aromatic rings. The monoisotopic (exact) mass is 554 g/mol. The van der Waals surface area contributed by atoms with E-state index in [0.29, 0.717) is 12.8 Å². The van der Waals surface area contributed by atoms with Crippen LogP contribution in [0.2, 0.25) is 0 Å². The molecule has 11 heteroatoms. The highest BCUT2D eigenvalue weighted by atomic mass is 32.2. The third-order valence-corrected chi connectivity index (χ3v) is 6.86. The maximum atomic E-state index is 12.0. The Kier molecular flexibility index (Phi) is 22.6. The summed E-state index contributed by atoms with van der Waals surface area (Å²) in [5.41, 5.74) is 0. The number of phosphoric ester groups is 1. The van der Waals surface area contributed by atoms with Gasteiger partial charge in [-0.3, -0.25) is 18.9 Å². The lowest BCUT2D eigenvalue weighted by molar-refractivity contribution is -0.161. The van der Waals surface area contributed by atoms with E-state index < -0.39 is 32.5 Å². The quantitative estimate of drug-likeness (QED) is 0.0819. The van der Waals surface area contributed by atoms with Crippen molar-refractivity contribution in [3.8, 4) is 0 Å². The van der Waals surface area contributed by atoms with Crippen LogP contribution in [0.1, 0.15) is 117 Å². The molecule has 2 N–H and O–H groups in total. The van der Waals surface area contributed by atoms with E-state index in [4.69, 9.17) is 19.3 Å². The zero-order valence-electron chi connectivity index (χ0n) is 22.1. The van der Waals surface area contributed by atoms with Crippen LogP contribution in [-0.2, 0) is 32.9 Å². The van der Waals surface area contributed by atoms with Crippen LogP contribution in [0.5, 0.6) is 0 Å². The summed E-state index contributed by atoms with van der Waals surface area (Å²) in [5.74, 6) is -0.0308. The molecule has 212 valence electrons. The number of hydrogen-bond donors (Lipinski definition) is 2. The highest BCUT2D eigenvalue weighted by Crippen LogP contribution is 2.35. The van der Waals surface area contributed by atoms with Gasteiger partial charge in [0.15, 0.2) is 11.2 Å². The molecule has 9 nitrogen and oxygen atoms in total. The van der Waals surface area contributed by atoms with Crippen LogP contribution in [0.15, 0.2) is 0 Å². The second-order valence-electron chi connectivity index (χ2n) is 9.02. The lowest BCUT2D eigenvalue weighted by Gasteiger charge is -2.18. The van der Waals surface area contributed by atoms with Crippen LogP contribution >= 0.6 is 19.6 Å². The normalized spacial score (nSPS) is 12.3. The molecule has 0 amide bonds. The molecule has 0 bridgehead atoms. The summed E-state index contributed by atoms with van der Waals surface area (Å²) in [6, 6.07) is 0. The highest BCUT2D eigenvalue weighted by molar-refractivity contribution is 8.13. The molecule has 0 saturated heterocycles. The minimum Gasteiger partial charge on any atom is -0.462 e.